The number of methoxy groups -OCH3 is 1. The van der Waals surface area contributed by atoms with Gasteiger partial charge in [0.2, 0.25) is 5.91 Å². The van der Waals surface area contributed by atoms with E-state index in [4.69, 9.17) is 11.5 Å². The Bertz CT molecular complexity index is 95.0. The average molecular weight is 132 g/mol. The Morgan fingerprint density at radius 2 is 2.33 bits per heavy atom. The fourth-order valence-electron chi connectivity index (χ4n) is 0.387. The zero-order valence-electron chi connectivity index (χ0n) is 5.46. The number of rotatable bonds is 4. The SMILES string of the molecule is COCC[C@H](N)C(N)=O. The van der Waals surface area contributed by atoms with Gasteiger partial charge in [0, 0.05) is 13.7 Å². The van der Waals surface area contributed by atoms with Crippen LogP contribution in [0.2, 0.25) is 0 Å². The molecule has 1 atom stereocenters. The molecule has 0 rings (SSSR count). The van der Waals surface area contributed by atoms with Crippen LogP contribution in [-0.2, 0) is 9.53 Å². The van der Waals surface area contributed by atoms with Crippen molar-refractivity contribution >= 4 is 5.91 Å². The highest BCUT2D eigenvalue weighted by Crippen LogP contribution is 1.85. The van der Waals surface area contributed by atoms with Crippen molar-refractivity contribution in [2.24, 2.45) is 11.5 Å². The zero-order chi connectivity index (χ0) is 7.28. The predicted molar refractivity (Wildman–Crippen MR) is 33.7 cm³/mol. The van der Waals surface area contributed by atoms with Crippen LogP contribution in [0.25, 0.3) is 0 Å². The second-order valence-corrected chi connectivity index (χ2v) is 1.79. The second kappa shape index (κ2) is 4.29. The van der Waals surface area contributed by atoms with Crippen molar-refractivity contribution in [3.8, 4) is 0 Å². The van der Waals surface area contributed by atoms with Gasteiger partial charge in [0.25, 0.3) is 0 Å². The Hall–Kier alpha value is -0.610. The van der Waals surface area contributed by atoms with Crippen LogP contribution in [0.3, 0.4) is 0 Å². The molecule has 54 valence electrons. The maximum atomic E-state index is 10.2. The van der Waals surface area contributed by atoms with Crippen molar-refractivity contribution < 1.29 is 9.53 Å². The maximum absolute atomic E-state index is 10.2. The molecule has 0 bridgehead atoms. The molecule has 4 heteroatoms. The third-order valence-corrected chi connectivity index (χ3v) is 0.998. The number of hydrogen-bond donors (Lipinski definition) is 2. The molecule has 1 amide bonds. The van der Waals surface area contributed by atoms with Crippen LogP contribution in [0.1, 0.15) is 6.42 Å². The van der Waals surface area contributed by atoms with Crippen molar-refractivity contribution in [3.05, 3.63) is 0 Å². The quantitative estimate of drug-likeness (QED) is 0.506. The zero-order valence-corrected chi connectivity index (χ0v) is 5.46. The standard InChI is InChI=1S/C5H12N2O2/c1-9-3-2-4(6)5(7)8/h4H,2-3,6H2,1H3,(H2,7,8)/t4-/m0/s1. The van der Waals surface area contributed by atoms with E-state index < -0.39 is 11.9 Å². The fraction of sp³-hybridized carbons (Fsp3) is 0.800. The lowest BCUT2D eigenvalue weighted by Gasteiger charge is -2.04. The molecule has 0 radical (unpaired) electrons. The molecule has 4 nitrogen and oxygen atoms in total. The number of amides is 1. The van der Waals surface area contributed by atoms with E-state index in [1.54, 1.807) is 7.11 Å². The van der Waals surface area contributed by atoms with Gasteiger partial charge < -0.3 is 16.2 Å². The van der Waals surface area contributed by atoms with Crippen molar-refractivity contribution in [2.45, 2.75) is 12.5 Å². The maximum Gasteiger partial charge on any atom is 0.234 e. The van der Waals surface area contributed by atoms with Gasteiger partial charge in [-0.3, -0.25) is 4.79 Å². The van der Waals surface area contributed by atoms with Gasteiger partial charge in [0.1, 0.15) is 0 Å². The Balaban J connectivity index is 3.27. The number of nitrogens with two attached hydrogens (primary N) is 2. The lowest BCUT2D eigenvalue weighted by Crippen LogP contribution is -2.37. The van der Waals surface area contributed by atoms with Crippen LogP contribution in [0.4, 0.5) is 0 Å². The molecule has 0 fully saturated rings. The first-order valence-electron chi connectivity index (χ1n) is 2.72. The summed E-state index contributed by atoms with van der Waals surface area (Å²) in [6.45, 7) is 0.476. The molecule has 0 heterocycles. The Labute approximate surface area is 54.2 Å². The molecular weight excluding hydrogens is 120 g/mol. The third-order valence-electron chi connectivity index (χ3n) is 0.998. The van der Waals surface area contributed by atoms with E-state index >= 15 is 0 Å². The predicted octanol–water partition coefficient (Wildman–Crippen LogP) is -1.16. The van der Waals surface area contributed by atoms with Gasteiger partial charge in [-0.2, -0.15) is 0 Å². The summed E-state index contributed by atoms with van der Waals surface area (Å²) >= 11 is 0. The van der Waals surface area contributed by atoms with Gasteiger partial charge in [-0.25, -0.2) is 0 Å². The van der Waals surface area contributed by atoms with E-state index in [0.29, 0.717) is 13.0 Å². The second-order valence-electron chi connectivity index (χ2n) is 1.79. The van der Waals surface area contributed by atoms with Crippen molar-refractivity contribution in [3.63, 3.8) is 0 Å². The first-order chi connectivity index (χ1) is 4.18. The molecule has 0 aromatic carbocycles. The summed E-state index contributed by atoms with van der Waals surface area (Å²) in [6.07, 6.45) is 0.492. The fourth-order valence-corrected chi connectivity index (χ4v) is 0.387. The molecule has 0 aliphatic carbocycles. The number of ether oxygens (including phenoxy) is 1. The lowest BCUT2D eigenvalue weighted by atomic mass is 10.2. The van der Waals surface area contributed by atoms with Crippen LogP contribution in [0, 0.1) is 0 Å². The lowest BCUT2D eigenvalue weighted by molar-refractivity contribution is -0.119. The number of primary amides is 1. The normalized spacial score (nSPS) is 13.1. The van der Waals surface area contributed by atoms with Crippen LogP contribution in [-0.4, -0.2) is 25.7 Å². The summed E-state index contributed by atoms with van der Waals surface area (Å²) in [6, 6.07) is -0.565. The van der Waals surface area contributed by atoms with E-state index in [1.165, 1.54) is 0 Å². The van der Waals surface area contributed by atoms with Crippen LogP contribution < -0.4 is 11.5 Å². The van der Waals surface area contributed by atoms with Crippen molar-refractivity contribution in [1.29, 1.82) is 0 Å². The minimum Gasteiger partial charge on any atom is -0.385 e. The van der Waals surface area contributed by atoms with Gasteiger partial charge in [-0.1, -0.05) is 0 Å². The molecule has 0 aromatic heterocycles. The number of carbonyl (C=O) groups excluding carboxylic acids is 1. The first kappa shape index (κ1) is 8.39. The summed E-state index contributed by atoms with van der Waals surface area (Å²) in [5, 5.41) is 0. The van der Waals surface area contributed by atoms with Gasteiger partial charge in [-0.05, 0) is 6.42 Å². The Morgan fingerprint density at radius 3 is 2.67 bits per heavy atom. The van der Waals surface area contributed by atoms with E-state index in [1.807, 2.05) is 0 Å². The van der Waals surface area contributed by atoms with E-state index in [9.17, 15) is 4.79 Å². The minimum absolute atomic E-state index is 0.476. The molecule has 0 aromatic rings. The largest absolute Gasteiger partial charge is 0.385 e. The molecule has 0 unspecified atom stereocenters. The number of hydrogen-bond acceptors (Lipinski definition) is 3. The average Bonchev–Trinajstić information content (AvgIpc) is 1.82. The smallest absolute Gasteiger partial charge is 0.234 e. The molecule has 9 heavy (non-hydrogen) atoms. The van der Waals surface area contributed by atoms with Gasteiger partial charge >= 0.3 is 0 Å². The van der Waals surface area contributed by atoms with Gasteiger partial charge in [0.15, 0.2) is 0 Å². The van der Waals surface area contributed by atoms with Crippen LogP contribution >= 0.6 is 0 Å². The van der Waals surface area contributed by atoms with Crippen molar-refractivity contribution in [1.82, 2.24) is 0 Å². The molecular formula is C5H12N2O2. The van der Waals surface area contributed by atoms with Gasteiger partial charge in [0.05, 0.1) is 6.04 Å². The molecule has 0 aliphatic heterocycles. The van der Waals surface area contributed by atoms with Gasteiger partial charge in [-0.15, -0.1) is 0 Å². The summed E-state index contributed by atoms with van der Waals surface area (Å²) in [5.74, 6) is -0.480. The minimum atomic E-state index is -0.565. The topological polar surface area (TPSA) is 78.3 Å². The summed E-state index contributed by atoms with van der Waals surface area (Å²) in [4.78, 5) is 10.2. The molecule has 0 aliphatic rings. The van der Waals surface area contributed by atoms with Crippen molar-refractivity contribution in [2.75, 3.05) is 13.7 Å². The van der Waals surface area contributed by atoms with E-state index in [0.717, 1.165) is 0 Å². The highest BCUT2D eigenvalue weighted by Gasteiger charge is 2.06. The van der Waals surface area contributed by atoms with Crippen LogP contribution in [0.15, 0.2) is 0 Å². The summed E-state index contributed by atoms with van der Waals surface area (Å²) in [5.41, 5.74) is 10.1. The Morgan fingerprint density at radius 1 is 1.78 bits per heavy atom. The molecule has 4 N–H and O–H groups in total. The highest BCUT2D eigenvalue weighted by atomic mass is 16.5. The Kier molecular flexibility index (Phi) is 4.00. The van der Waals surface area contributed by atoms with E-state index in [-0.39, 0.29) is 0 Å². The van der Waals surface area contributed by atoms with Crippen LogP contribution in [0.5, 0.6) is 0 Å². The molecule has 0 saturated carbocycles. The first-order valence-corrected chi connectivity index (χ1v) is 2.72. The van der Waals surface area contributed by atoms with E-state index in [2.05, 4.69) is 4.74 Å². The summed E-state index contributed by atoms with van der Waals surface area (Å²) in [7, 11) is 1.55. The molecule has 0 spiro atoms. The monoisotopic (exact) mass is 132 g/mol. The third kappa shape index (κ3) is 3.93. The summed E-state index contributed by atoms with van der Waals surface area (Å²) < 4.78 is 4.67. The molecule has 0 saturated heterocycles. The number of carbonyl (C=O) groups is 1. The highest BCUT2D eigenvalue weighted by molar-refractivity contribution is 5.79.